The number of hydrogen-bond donors (Lipinski definition) is 0. The summed E-state index contributed by atoms with van der Waals surface area (Å²) in [5.74, 6) is -1.50. The van der Waals surface area contributed by atoms with Gasteiger partial charge in [0.05, 0.1) is 0 Å². The zero-order valence-corrected chi connectivity index (χ0v) is 11.3. The van der Waals surface area contributed by atoms with Crippen molar-refractivity contribution in [1.82, 2.24) is 0 Å². The summed E-state index contributed by atoms with van der Waals surface area (Å²) in [5, 5.41) is 10.8. The van der Waals surface area contributed by atoms with Crippen molar-refractivity contribution in [2.45, 2.75) is 32.6 Å². The van der Waals surface area contributed by atoms with Crippen molar-refractivity contribution in [3.63, 3.8) is 0 Å². The lowest BCUT2D eigenvalue weighted by Crippen LogP contribution is -2.33. The van der Waals surface area contributed by atoms with Crippen molar-refractivity contribution in [3.8, 4) is 0 Å². The summed E-state index contributed by atoms with van der Waals surface area (Å²) >= 11 is 0. The van der Waals surface area contributed by atoms with Gasteiger partial charge in [0.1, 0.15) is 0 Å². The van der Waals surface area contributed by atoms with E-state index in [2.05, 4.69) is 13.8 Å². The lowest BCUT2D eigenvalue weighted by Gasteiger charge is -2.18. The van der Waals surface area contributed by atoms with Crippen LogP contribution in [0.4, 0.5) is 5.69 Å². The number of carboxylic acid groups (broad SMARTS) is 1. The summed E-state index contributed by atoms with van der Waals surface area (Å²) in [4.78, 5) is 24.1. The quantitative estimate of drug-likeness (QED) is 0.820. The molecule has 102 valence electrons. The first-order valence-corrected chi connectivity index (χ1v) is 6.64. The molecule has 1 amide bonds. The third-order valence-electron chi connectivity index (χ3n) is 3.84. The summed E-state index contributed by atoms with van der Waals surface area (Å²) in [5.41, 5.74) is 2.00. The Morgan fingerprint density at radius 1 is 1.42 bits per heavy atom. The molecule has 1 saturated heterocycles. The van der Waals surface area contributed by atoms with E-state index in [0.29, 0.717) is 5.92 Å². The van der Waals surface area contributed by atoms with E-state index < -0.39 is 11.9 Å². The van der Waals surface area contributed by atoms with Crippen molar-refractivity contribution in [1.29, 1.82) is 0 Å². The molecule has 1 fully saturated rings. The molecule has 0 unspecified atom stereocenters. The van der Waals surface area contributed by atoms with Crippen LogP contribution in [0.1, 0.15) is 38.2 Å². The van der Waals surface area contributed by atoms with E-state index in [1.54, 1.807) is 0 Å². The van der Waals surface area contributed by atoms with Crippen LogP contribution in [0.25, 0.3) is 0 Å². The second kappa shape index (κ2) is 5.43. The molecule has 0 bridgehead atoms. The van der Waals surface area contributed by atoms with Gasteiger partial charge in [-0.05, 0) is 30.0 Å². The predicted molar refractivity (Wildman–Crippen MR) is 70.6 cm³/mol. The zero-order valence-electron chi connectivity index (χ0n) is 11.3. The molecule has 1 aromatic carbocycles. The lowest BCUT2D eigenvalue weighted by molar-refractivity contribution is -0.310. The van der Waals surface area contributed by atoms with Gasteiger partial charge in [0.15, 0.2) is 0 Å². The summed E-state index contributed by atoms with van der Waals surface area (Å²) in [6.45, 7) is 4.50. The van der Waals surface area contributed by atoms with Crippen LogP contribution in [-0.2, 0) is 9.59 Å². The van der Waals surface area contributed by atoms with Gasteiger partial charge >= 0.3 is 0 Å². The molecular weight excluding hydrogens is 242 g/mol. The zero-order chi connectivity index (χ0) is 14.0. The molecule has 4 nitrogen and oxygen atoms in total. The molecule has 1 aromatic rings. The number of rotatable bonds is 4. The first-order chi connectivity index (χ1) is 9.02. The fourth-order valence-electron chi connectivity index (χ4n) is 2.33. The molecule has 2 atom stereocenters. The fraction of sp³-hybridized carbons (Fsp3) is 0.467. The number of carbonyl (C=O) groups is 2. The first-order valence-electron chi connectivity index (χ1n) is 6.64. The molecule has 1 aliphatic rings. The highest BCUT2D eigenvalue weighted by Gasteiger charge is 2.31. The van der Waals surface area contributed by atoms with Crippen molar-refractivity contribution >= 4 is 17.6 Å². The van der Waals surface area contributed by atoms with Crippen LogP contribution < -0.4 is 10.0 Å². The molecule has 1 aliphatic heterocycles. The van der Waals surface area contributed by atoms with E-state index in [1.165, 1.54) is 10.5 Å². The van der Waals surface area contributed by atoms with Gasteiger partial charge < -0.3 is 14.8 Å². The highest BCUT2D eigenvalue weighted by molar-refractivity contribution is 5.98. The van der Waals surface area contributed by atoms with Crippen molar-refractivity contribution < 1.29 is 14.7 Å². The van der Waals surface area contributed by atoms with Gasteiger partial charge in [0.25, 0.3) is 0 Å². The fourth-order valence-corrected chi connectivity index (χ4v) is 2.33. The van der Waals surface area contributed by atoms with E-state index in [0.717, 1.165) is 12.1 Å². The summed E-state index contributed by atoms with van der Waals surface area (Å²) in [6, 6.07) is 7.78. The molecule has 2 rings (SSSR count). The Balaban J connectivity index is 2.14. The van der Waals surface area contributed by atoms with E-state index in [9.17, 15) is 14.7 Å². The predicted octanol–water partition coefficient (Wildman–Crippen LogP) is 1.30. The van der Waals surface area contributed by atoms with Crippen LogP contribution in [0.2, 0.25) is 0 Å². The number of benzene rings is 1. The number of nitrogens with zero attached hydrogens (tertiary/aromatic N) is 1. The van der Waals surface area contributed by atoms with Gasteiger partial charge in [-0.1, -0.05) is 26.0 Å². The first kappa shape index (κ1) is 13.6. The Kier molecular flexibility index (Phi) is 3.88. The van der Waals surface area contributed by atoms with Gasteiger partial charge in [-0.25, -0.2) is 0 Å². The molecule has 0 N–H and O–H groups in total. The Hall–Kier alpha value is -1.84. The van der Waals surface area contributed by atoms with Gasteiger partial charge in [-0.3, -0.25) is 4.79 Å². The summed E-state index contributed by atoms with van der Waals surface area (Å²) in [6.07, 6.45) is 1.10. The van der Waals surface area contributed by atoms with Crippen LogP contribution in [0.15, 0.2) is 24.3 Å². The van der Waals surface area contributed by atoms with E-state index in [4.69, 9.17) is 0 Å². The Bertz CT molecular complexity index is 481. The van der Waals surface area contributed by atoms with Gasteiger partial charge in [0, 0.05) is 30.5 Å². The Labute approximate surface area is 113 Å². The largest absolute Gasteiger partial charge is 0.550 e. The highest BCUT2D eigenvalue weighted by atomic mass is 16.4. The van der Waals surface area contributed by atoms with Crippen molar-refractivity contribution in [2.75, 3.05) is 11.4 Å². The number of carbonyl (C=O) groups excluding carboxylic acids is 2. The maximum absolute atomic E-state index is 11.8. The van der Waals surface area contributed by atoms with Crippen molar-refractivity contribution in [2.24, 2.45) is 5.92 Å². The molecule has 0 radical (unpaired) electrons. The standard InChI is InChI=1S/C15H19NO3/c1-3-10(2)11-4-6-13(7-5-11)16-9-12(15(18)19)8-14(16)17/h4-7,10,12H,3,8-9H2,1-2H3,(H,18,19)/p-1/t10-,12+/m0/s1. The number of amides is 1. The number of hydrogen-bond acceptors (Lipinski definition) is 3. The second-order valence-electron chi connectivity index (χ2n) is 5.13. The minimum Gasteiger partial charge on any atom is -0.550 e. The number of carboxylic acids is 1. The summed E-state index contributed by atoms with van der Waals surface area (Å²) < 4.78 is 0. The molecule has 1 heterocycles. The van der Waals surface area contributed by atoms with E-state index >= 15 is 0 Å². The molecule has 0 aromatic heterocycles. The normalized spacial score (nSPS) is 20.6. The van der Waals surface area contributed by atoms with Crippen LogP contribution in [0.5, 0.6) is 0 Å². The van der Waals surface area contributed by atoms with Crippen LogP contribution in [0, 0.1) is 5.92 Å². The topological polar surface area (TPSA) is 60.4 Å². The van der Waals surface area contributed by atoms with Crippen molar-refractivity contribution in [3.05, 3.63) is 29.8 Å². The monoisotopic (exact) mass is 260 g/mol. The van der Waals surface area contributed by atoms with Crippen LogP contribution >= 0.6 is 0 Å². The maximum atomic E-state index is 11.8. The van der Waals surface area contributed by atoms with E-state index in [-0.39, 0.29) is 18.9 Å². The van der Waals surface area contributed by atoms with E-state index in [1.807, 2.05) is 24.3 Å². The smallest absolute Gasteiger partial charge is 0.227 e. The third kappa shape index (κ3) is 2.78. The Morgan fingerprint density at radius 2 is 2.05 bits per heavy atom. The van der Waals surface area contributed by atoms with Gasteiger partial charge in [-0.15, -0.1) is 0 Å². The van der Waals surface area contributed by atoms with Gasteiger partial charge in [0.2, 0.25) is 5.91 Å². The molecule has 19 heavy (non-hydrogen) atoms. The minimum atomic E-state index is -1.15. The molecule has 0 spiro atoms. The Morgan fingerprint density at radius 3 is 2.53 bits per heavy atom. The number of anilines is 1. The molecule has 0 saturated carbocycles. The maximum Gasteiger partial charge on any atom is 0.227 e. The van der Waals surface area contributed by atoms with Crippen LogP contribution in [-0.4, -0.2) is 18.4 Å². The summed E-state index contributed by atoms with van der Waals surface area (Å²) in [7, 11) is 0. The highest BCUT2D eigenvalue weighted by Crippen LogP contribution is 2.27. The molecule has 0 aliphatic carbocycles. The SMILES string of the molecule is CC[C@H](C)c1ccc(N2C[C@H](C(=O)[O-])CC2=O)cc1. The third-order valence-corrected chi connectivity index (χ3v) is 3.84. The van der Waals surface area contributed by atoms with Crippen LogP contribution in [0.3, 0.4) is 0 Å². The lowest BCUT2D eigenvalue weighted by atomic mass is 9.98. The molecular formula is C15H18NO3-. The molecule has 4 heteroatoms. The second-order valence-corrected chi connectivity index (χ2v) is 5.13. The average molecular weight is 260 g/mol. The number of aliphatic carboxylic acids is 1. The van der Waals surface area contributed by atoms with Gasteiger partial charge in [-0.2, -0.15) is 0 Å². The minimum absolute atomic E-state index is 0.0372. The average Bonchev–Trinajstić information content (AvgIpc) is 2.80.